The van der Waals surface area contributed by atoms with Gasteiger partial charge in [-0.25, -0.2) is 0 Å². The molecule has 0 aliphatic rings. The van der Waals surface area contributed by atoms with Crippen LogP contribution in [0.5, 0.6) is 0 Å². The van der Waals surface area contributed by atoms with Crippen LogP contribution < -0.4 is 0 Å². The average Bonchev–Trinajstić information content (AvgIpc) is 2.04. The number of hydrogen-bond acceptors (Lipinski definition) is 0. The molecule has 1 heteroatoms. The van der Waals surface area contributed by atoms with Crippen molar-refractivity contribution in [1.29, 1.82) is 0 Å². The van der Waals surface area contributed by atoms with Gasteiger partial charge in [-0.2, -0.15) is 0 Å². The summed E-state index contributed by atoms with van der Waals surface area (Å²) in [6.07, 6.45) is 0. The third-order valence-electron chi connectivity index (χ3n) is 1.71. The summed E-state index contributed by atoms with van der Waals surface area (Å²) in [7, 11) is 0. The van der Waals surface area contributed by atoms with Crippen molar-refractivity contribution in [3.63, 3.8) is 0 Å². The molecule has 0 N–H and O–H groups in total. The van der Waals surface area contributed by atoms with Crippen molar-refractivity contribution >= 4 is 21.5 Å². The number of hydrogen-bond donors (Lipinski definition) is 0. The van der Waals surface area contributed by atoms with E-state index in [-0.39, 0.29) is 0 Å². The summed E-state index contributed by atoms with van der Waals surface area (Å²) in [5, 5.41) is 0. The number of benzene rings is 1. The highest BCUT2D eigenvalue weighted by molar-refractivity contribution is 9.10. The zero-order valence-corrected chi connectivity index (χ0v) is 9.77. The number of rotatable bonds is 1. The van der Waals surface area contributed by atoms with Crippen molar-refractivity contribution in [3.8, 4) is 0 Å². The zero-order valence-electron chi connectivity index (χ0n) is 8.19. The summed E-state index contributed by atoms with van der Waals surface area (Å²) in [4.78, 5) is 0. The Morgan fingerprint density at radius 1 is 1.08 bits per heavy atom. The zero-order chi connectivity index (χ0) is 9.84. The van der Waals surface area contributed by atoms with E-state index in [1.165, 1.54) is 16.7 Å². The average molecular weight is 237 g/mol. The van der Waals surface area contributed by atoms with Crippen LogP contribution in [0.2, 0.25) is 0 Å². The summed E-state index contributed by atoms with van der Waals surface area (Å²) in [5.41, 5.74) is 6.92. The molecule has 0 amide bonds. The van der Waals surface area contributed by atoms with Gasteiger partial charge in [0.25, 0.3) is 0 Å². The second-order valence-electron chi connectivity index (χ2n) is 3.26. The van der Waals surface area contributed by atoms with E-state index in [2.05, 4.69) is 54.6 Å². The molecule has 0 fully saturated rings. The van der Waals surface area contributed by atoms with Crippen molar-refractivity contribution in [3.05, 3.63) is 45.6 Å². The van der Waals surface area contributed by atoms with Gasteiger partial charge in [-0.15, -0.1) is 5.73 Å². The minimum Gasteiger partial charge on any atom is -0.118 e. The lowest BCUT2D eigenvalue weighted by molar-refractivity contribution is 1.40. The molecule has 0 heterocycles. The molecule has 0 aliphatic carbocycles. The van der Waals surface area contributed by atoms with Crippen LogP contribution >= 0.6 is 15.9 Å². The van der Waals surface area contributed by atoms with Crippen molar-refractivity contribution in [2.75, 3.05) is 0 Å². The molecule has 13 heavy (non-hydrogen) atoms. The Hall–Kier alpha value is -0.780. The van der Waals surface area contributed by atoms with Gasteiger partial charge in [0, 0.05) is 4.47 Å². The molecule has 0 saturated heterocycles. The predicted octanol–water partition coefficient (Wildman–Crippen LogP) is 4.42. The molecule has 1 aromatic rings. The maximum atomic E-state index is 3.41. The molecule has 1 aromatic carbocycles. The van der Waals surface area contributed by atoms with Gasteiger partial charge in [0.2, 0.25) is 0 Å². The smallest absolute Gasteiger partial charge is 0.0175 e. The SMILES string of the molecule is CC(C)=C=C(C)c1ccc(Br)cc1. The first-order chi connectivity index (χ1) is 6.09. The van der Waals surface area contributed by atoms with Crippen LogP contribution in [0.15, 0.2) is 40.0 Å². The van der Waals surface area contributed by atoms with Gasteiger partial charge in [-0.3, -0.25) is 0 Å². The molecule has 0 nitrogen and oxygen atoms in total. The molecule has 1 rings (SSSR count). The monoisotopic (exact) mass is 236 g/mol. The van der Waals surface area contributed by atoms with E-state index in [0.29, 0.717) is 0 Å². The van der Waals surface area contributed by atoms with Crippen LogP contribution in [0.1, 0.15) is 26.3 Å². The van der Waals surface area contributed by atoms with Crippen LogP contribution in [0.4, 0.5) is 0 Å². The van der Waals surface area contributed by atoms with Crippen molar-refractivity contribution < 1.29 is 0 Å². The fraction of sp³-hybridized carbons (Fsp3) is 0.250. The lowest BCUT2D eigenvalue weighted by Gasteiger charge is -1.98. The van der Waals surface area contributed by atoms with Crippen molar-refractivity contribution in [2.24, 2.45) is 0 Å². The largest absolute Gasteiger partial charge is 0.118 e. The van der Waals surface area contributed by atoms with Crippen molar-refractivity contribution in [2.45, 2.75) is 20.8 Å². The van der Waals surface area contributed by atoms with Gasteiger partial charge in [-0.05, 0) is 49.6 Å². The normalized spacial score (nSPS) is 9.23. The standard InChI is InChI=1S/C12H13Br/c1-9(2)8-10(3)11-4-6-12(13)7-5-11/h4-7H,1-3H3. The first-order valence-electron chi connectivity index (χ1n) is 4.26. The summed E-state index contributed by atoms with van der Waals surface area (Å²) >= 11 is 3.41. The van der Waals surface area contributed by atoms with E-state index in [9.17, 15) is 0 Å². The maximum absolute atomic E-state index is 3.41. The van der Waals surface area contributed by atoms with Gasteiger partial charge in [0.15, 0.2) is 0 Å². The molecular weight excluding hydrogens is 224 g/mol. The first kappa shape index (κ1) is 10.3. The minimum absolute atomic E-state index is 1.11. The second-order valence-corrected chi connectivity index (χ2v) is 4.17. The van der Waals surface area contributed by atoms with Crippen LogP contribution in [0, 0.1) is 0 Å². The molecule has 0 bridgehead atoms. The Labute approximate surface area is 88.1 Å². The minimum atomic E-state index is 1.11. The Morgan fingerprint density at radius 3 is 2.08 bits per heavy atom. The topological polar surface area (TPSA) is 0 Å². The highest BCUT2D eigenvalue weighted by Gasteiger charge is 1.93. The molecular formula is C12H13Br. The molecule has 68 valence electrons. The second kappa shape index (κ2) is 4.45. The van der Waals surface area contributed by atoms with Crippen LogP contribution in [0.25, 0.3) is 5.57 Å². The van der Waals surface area contributed by atoms with Crippen LogP contribution in [0.3, 0.4) is 0 Å². The van der Waals surface area contributed by atoms with E-state index in [0.717, 1.165) is 4.47 Å². The summed E-state index contributed by atoms with van der Waals surface area (Å²) < 4.78 is 1.11. The fourth-order valence-corrected chi connectivity index (χ4v) is 1.41. The molecule has 0 radical (unpaired) electrons. The van der Waals surface area contributed by atoms with E-state index >= 15 is 0 Å². The van der Waals surface area contributed by atoms with E-state index in [4.69, 9.17) is 0 Å². The summed E-state index contributed by atoms with van der Waals surface area (Å²) in [6, 6.07) is 8.28. The van der Waals surface area contributed by atoms with Crippen LogP contribution in [-0.2, 0) is 0 Å². The Morgan fingerprint density at radius 2 is 1.62 bits per heavy atom. The molecule has 0 aliphatic heterocycles. The molecule has 0 aromatic heterocycles. The molecule has 0 spiro atoms. The lowest BCUT2D eigenvalue weighted by atomic mass is 10.1. The summed E-state index contributed by atoms with van der Waals surface area (Å²) in [6.45, 7) is 6.20. The number of halogens is 1. The highest BCUT2D eigenvalue weighted by atomic mass is 79.9. The fourth-order valence-electron chi connectivity index (χ4n) is 1.15. The van der Waals surface area contributed by atoms with E-state index in [1.807, 2.05) is 12.1 Å². The van der Waals surface area contributed by atoms with Gasteiger partial charge in [-0.1, -0.05) is 28.1 Å². The predicted molar refractivity (Wildman–Crippen MR) is 61.6 cm³/mol. The molecule has 0 unspecified atom stereocenters. The molecule has 0 atom stereocenters. The maximum Gasteiger partial charge on any atom is 0.0175 e. The third-order valence-corrected chi connectivity index (χ3v) is 2.24. The quantitative estimate of drug-likeness (QED) is 0.634. The van der Waals surface area contributed by atoms with Gasteiger partial charge < -0.3 is 0 Å². The van der Waals surface area contributed by atoms with E-state index < -0.39 is 0 Å². The van der Waals surface area contributed by atoms with Gasteiger partial charge >= 0.3 is 0 Å². The summed E-state index contributed by atoms with van der Waals surface area (Å²) in [5.74, 6) is 0. The Bertz CT molecular complexity index is 347. The number of allylic oxidation sites excluding steroid dienone is 1. The van der Waals surface area contributed by atoms with E-state index in [1.54, 1.807) is 0 Å². The Kier molecular flexibility index (Phi) is 3.53. The van der Waals surface area contributed by atoms with Gasteiger partial charge in [0.1, 0.15) is 0 Å². The first-order valence-corrected chi connectivity index (χ1v) is 5.05. The highest BCUT2D eigenvalue weighted by Crippen LogP contribution is 2.16. The van der Waals surface area contributed by atoms with Crippen molar-refractivity contribution in [1.82, 2.24) is 0 Å². The lowest BCUT2D eigenvalue weighted by Crippen LogP contribution is -1.76. The third kappa shape index (κ3) is 3.22. The Balaban J connectivity index is 3.11. The molecule has 0 saturated carbocycles. The van der Waals surface area contributed by atoms with Crippen LogP contribution in [-0.4, -0.2) is 0 Å². The van der Waals surface area contributed by atoms with Gasteiger partial charge in [0.05, 0.1) is 0 Å².